The van der Waals surface area contributed by atoms with Crippen LogP contribution in [0.15, 0.2) is 170 Å². The summed E-state index contributed by atoms with van der Waals surface area (Å²) in [4.78, 5) is 76.5. The number of hydrogen-bond donors (Lipinski definition) is 4. The summed E-state index contributed by atoms with van der Waals surface area (Å²) >= 11 is 0. The van der Waals surface area contributed by atoms with Crippen LogP contribution >= 0.6 is 0 Å². The summed E-state index contributed by atoms with van der Waals surface area (Å²) in [5, 5.41) is 27.0. The molecule has 0 aromatic heterocycles. The topological polar surface area (TPSA) is 252 Å². The fourth-order valence-corrected chi connectivity index (χ4v) is 6.10. The largest absolute Gasteiger partial charge is 1.00 e. The molecule has 0 atom stereocenters. The average Bonchev–Trinajstić information content (AvgIpc) is 4.09. The van der Waals surface area contributed by atoms with E-state index in [0.717, 1.165) is 34.5 Å². The first-order valence-corrected chi connectivity index (χ1v) is 23.5. The molecule has 5 N–H and O–H groups in total. The summed E-state index contributed by atoms with van der Waals surface area (Å²) in [6.07, 6.45) is 8.40. The van der Waals surface area contributed by atoms with Crippen molar-refractivity contribution in [2.24, 2.45) is 5.84 Å². The third-order valence-electron chi connectivity index (χ3n) is 10.1. The number of nitrogen functional groups attached to an aromatic ring is 1. The van der Waals surface area contributed by atoms with Crippen molar-refractivity contribution < 1.29 is 122 Å². The molecule has 22 heteroatoms. The summed E-state index contributed by atoms with van der Waals surface area (Å²) in [5.74, 6) is 0.308. The minimum absolute atomic E-state index is 0. The molecule has 6 aromatic rings. The number of carboxylic acid groups (broad SMARTS) is 2. The molecule has 2 aliphatic rings. The van der Waals surface area contributed by atoms with Crippen molar-refractivity contribution in [1.29, 1.82) is 5.26 Å². The monoisotopic (exact) mass is 1140 g/mol. The van der Waals surface area contributed by atoms with E-state index >= 15 is 0 Å². The van der Waals surface area contributed by atoms with Crippen LogP contribution in [0.2, 0.25) is 0 Å². The molecule has 0 saturated heterocycles. The van der Waals surface area contributed by atoms with E-state index in [-0.39, 0.29) is 80.2 Å². The third kappa shape index (κ3) is 27.1. The molecule has 16 nitrogen and oxygen atoms in total. The molecule has 8 rings (SSSR count). The van der Waals surface area contributed by atoms with Gasteiger partial charge in [0.15, 0.2) is 0 Å². The Morgan fingerprint density at radius 2 is 1.12 bits per heavy atom. The average molecular weight is 1140 g/mol. The number of allylic oxidation sites excluding steroid dienone is 1. The first kappa shape index (κ1) is 70.3. The number of aldehydes is 1. The number of nitrogens with zero attached hydrogens (tertiary/aromatic N) is 3. The Labute approximate surface area is 506 Å². The van der Waals surface area contributed by atoms with Gasteiger partial charge in [-0.25, -0.2) is 36.3 Å². The number of carboxylic acids is 2. The molecule has 0 fully saturated rings. The van der Waals surface area contributed by atoms with E-state index in [1.165, 1.54) is 123 Å². The van der Waals surface area contributed by atoms with Crippen LogP contribution in [0.3, 0.4) is 0 Å². The SMILES string of the molecule is C#CCc1ccc(F)cc1.CCN(CC)CC.N#CC(=CC(=O)[O-])c1ccc(F)cc1.NNc1ccccc1.O=C1C=C(c2ccc(F)cc2)C(=O)N1Nc1ccc(F)cc1.O=C1C=C(c2ccc(F)cc2)C(=O)O1.O=CC(=O)O.[K+]. The van der Waals surface area contributed by atoms with Gasteiger partial charge < -0.3 is 30.1 Å². The number of hydrogen-bond acceptors (Lipinski definition) is 14. The Kier molecular flexibility index (Phi) is 33.7. The van der Waals surface area contributed by atoms with Gasteiger partial charge in [0.25, 0.3) is 11.8 Å². The third-order valence-corrected chi connectivity index (χ3v) is 10.1. The first-order valence-electron chi connectivity index (χ1n) is 23.5. The van der Waals surface area contributed by atoms with Crippen molar-refractivity contribution in [1.82, 2.24) is 9.91 Å². The second kappa shape index (κ2) is 38.8. The number of para-hydroxylation sites is 1. The van der Waals surface area contributed by atoms with Crippen LogP contribution in [0.5, 0.6) is 0 Å². The minimum Gasteiger partial charge on any atom is -0.545 e. The van der Waals surface area contributed by atoms with Gasteiger partial charge in [-0.1, -0.05) is 87.5 Å². The van der Waals surface area contributed by atoms with Gasteiger partial charge in [-0.3, -0.25) is 25.7 Å². The van der Waals surface area contributed by atoms with Crippen LogP contribution in [0.4, 0.5) is 33.3 Å². The molecule has 81 heavy (non-hydrogen) atoms. The van der Waals surface area contributed by atoms with Gasteiger partial charge >= 0.3 is 69.3 Å². The summed E-state index contributed by atoms with van der Waals surface area (Å²) in [6, 6.07) is 38.2. The van der Waals surface area contributed by atoms with E-state index in [2.05, 4.69) is 47.2 Å². The maximum absolute atomic E-state index is 12.9. The Balaban J connectivity index is 0.000000496. The molecule has 2 amide bonds. The standard InChI is InChI=1S/C16H10F2N2O2.C10H6FNO2.C10H5FO3.C9H7F.C6H8N2.C6H15N.C2H2O3.K/c17-11-3-1-10(2-4-11)14-9-15(21)20(16(14)22)19-13-7-5-12(18)6-8-13;11-9-3-1-7(2-4-9)8(6-12)5-10(13)14;11-7-3-1-6(2-4-7)8-5-9(12)14-10(8)13;1-2-3-8-4-6-9(10)7-5-8;7-8-6-4-2-1-3-5-6;1-4-7(5-2)6-3;3-1-2(4)5;/h1-9,19H;1-5H,(H,13,14);1-5H;1,4-7H,3H2;1-5,8H,7H2;4-6H2,1-3H3;1H,(H,4,5);/q;;;;;;;+1/p-1. The van der Waals surface area contributed by atoms with E-state index < -0.39 is 59.0 Å². The quantitative estimate of drug-likeness (QED) is 0.0101. The van der Waals surface area contributed by atoms with Crippen molar-refractivity contribution in [3.8, 4) is 18.4 Å². The molecule has 2 aliphatic heterocycles. The smallest absolute Gasteiger partial charge is 0.545 e. The van der Waals surface area contributed by atoms with Crippen LogP contribution in [-0.2, 0) is 44.7 Å². The number of imide groups is 1. The zero-order valence-electron chi connectivity index (χ0n) is 44.1. The van der Waals surface area contributed by atoms with Gasteiger partial charge in [0.2, 0.25) is 6.29 Å². The second-order valence-electron chi connectivity index (χ2n) is 15.5. The Hall–Kier alpha value is -8.71. The van der Waals surface area contributed by atoms with Crippen LogP contribution < -0.4 is 73.2 Å². The summed E-state index contributed by atoms with van der Waals surface area (Å²) in [6.45, 7) is 10.1. The predicted octanol–water partition coefficient (Wildman–Crippen LogP) is 5.11. The molecule has 6 aromatic carbocycles. The fourth-order valence-electron chi connectivity index (χ4n) is 6.10. The van der Waals surface area contributed by atoms with E-state index in [0.29, 0.717) is 34.9 Å². The van der Waals surface area contributed by atoms with Crippen LogP contribution in [0, 0.1) is 52.8 Å². The van der Waals surface area contributed by atoms with Crippen LogP contribution in [0.1, 0.15) is 43.0 Å². The minimum atomic E-state index is -1.45. The summed E-state index contributed by atoms with van der Waals surface area (Å²) in [7, 11) is 0. The number of terminal acetylenes is 1. The van der Waals surface area contributed by atoms with E-state index in [9.17, 15) is 51.0 Å². The Morgan fingerprint density at radius 1 is 0.691 bits per heavy atom. The fraction of sp³-hybridized carbons (Fsp3) is 0.119. The molecular weight excluding hydrogens is 1090 g/mol. The number of hydrazine groups is 2. The number of ether oxygens (including phenoxy) is 1. The van der Waals surface area contributed by atoms with E-state index in [1.807, 2.05) is 30.3 Å². The number of carbonyl (C=O) groups excluding carboxylic acids is 6. The van der Waals surface area contributed by atoms with Gasteiger partial charge in [0.1, 0.15) is 29.1 Å². The maximum Gasteiger partial charge on any atom is 1.00 e. The van der Waals surface area contributed by atoms with Gasteiger partial charge in [-0.15, -0.1) is 12.3 Å². The molecular formula is C59H52F5KN6O10. The zero-order valence-corrected chi connectivity index (χ0v) is 47.2. The molecule has 0 radical (unpaired) electrons. The van der Waals surface area contributed by atoms with E-state index in [4.69, 9.17) is 32.2 Å². The number of nitrogens with one attached hydrogen (secondary N) is 2. The molecule has 0 saturated carbocycles. The van der Waals surface area contributed by atoms with Gasteiger partial charge in [-0.05, 0) is 133 Å². The van der Waals surface area contributed by atoms with Crippen molar-refractivity contribution in [3.05, 3.63) is 221 Å². The molecule has 2 heterocycles. The van der Waals surface area contributed by atoms with Crippen molar-refractivity contribution >= 4 is 70.1 Å². The zero-order chi connectivity index (χ0) is 59.6. The van der Waals surface area contributed by atoms with Crippen molar-refractivity contribution in [2.75, 3.05) is 30.5 Å². The number of amides is 2. The number of cyclic esters (lactones) is 2. The van der Waals surface area contributed by atoms with Crippen LogP contribution in [0.25, 0.3) is 16.7 Å². The Bertz CT molecular complexity index is 3180. The molecule has 0 aliphatic carbocycles. The van der Waals surface area contributed by atoms with Crippen molar-refractivity contribution in [3.63, 3.8) is 0 Å². The number of halogens is 5. The van der Waals surface area contributed by atoms with Gasteiger partial charge in [0.05, 0.1) is 34.4 Å². The van der Waals surface area contributed by atoms with Crippen LogP contribution in [-0.4, -0.2) is 76.6 Å². The summed E-state index contributed by atoms with van der Waals surface area (Å²) in [5.41, 5.74) is 8.99. The first-order chi connectivity index (χ1) is 38.2. The number of anilines is 2. The van der Waals surface area contributed by atoms with E-state index in [1.54, 1.807) is 18.2 Å². The second-order valence-corrected chi connectivity index (χ2v) is 15.5. The number of aliphatic carboxylic acids is 2. The normalized spacial score (nSPS) is 11.6. The number of carbonyl (C=O) groups is 7. The van der Waals surface area contributed by atoms with Gasteiger partial charge in [0, 0.05) is 24.3 Å². The number of nitrogens with two attached hydrogens (primary N) is 1. The van der Waals surface area contributed by atoms with Crippen molar-refractivity contribution in [2.45, 2.75) is 27.2 Å². The maximum atomic E-state index is 12.9. The van der Waals surface area contributed by atoms with Gasteiger partial charge in [-0.2, -0.15) is 10.3 Å². The number of rotatable bonds is 12. The molecule has 0 bridgehead atoms. The molecule has 414 valence electrons. The molecule has 0 spiro atoms. The number of esters is 2. The molecule has 0 unspecified atom stereocenters. The predicted molar refractivity (Wildman–Crippen MR) is 287 cm³/mol. The number of nitriles is 1. The summed E-state index contributed by atoms with van der Waals surface area (Å²) < 4.78 is 67.4. The Morgan fingerprint density at radius 3 is 1.48 bits per heavy atom. The number of benzene rings is 6.